The van der Waals surface area contributed by atoms with E-state index >= 15 is 0 Å². The Labute approximate surface area is 113 Å². The molecular weight excluding hydrogens is 270 g/mol. The summed E-state index contributed by atoms with van der Waals surface area (Å²) in [6.07, 6.45) is 0. The highest BCUT2D eigenvalue weighted by atomic mass is 32.1. The van der Waals surface area contributed by atoms with E-state index in [0.717, 1.165) is 17.8 Å². The van der Waals surface area contributed by atoms with Gasteiger partial charge in [-0.1, -0.05) is 6.07 Å². The first kappa shape index (κ1) is 13.8. The third-order valence-electron chi connectivity index (χ3n) is 2.57. The average molecular weight is 282 g/mol. The highest BCUT2D eigenvalue weighted by molar-refractivity contribution is 7.07. The molecule has 0 atom stereocenters. The zero-order valence-electron chi connectivity index (χ0n) is 10.3. The van der Waals surface area contributed by atoms with Crippen molar-refractivity contribution in [2.75, 3.05) is 13.6 Å². The van der Waals surface area contributed by atoms with E-state index in [9.17, 15) is 13.6 Å². The maximum absolute atomic E-state index is 13.4. The summed E-state index contributed by atoms with van der Waals surface area (Å²) in [5.41, 5.74) is 2.04. The Morgan fingerprint density at radius 3 is 2.63 bits per heavy atom. The van der Waals surface area contributed by atoms with Gasteiger partial charge in [-0.3, -0.25) is 9.69 Å². The largest absolute Gasteiger partial charge is 0.293 e. The molecule has 1 aromatic carbocycles. The molecule has 19 heavy (non-hydrogen) atoms. The molecule has 2 aromatic rings. The van der Waals surface area contributed by atoms with Gasteiger partial charge in [0, 0.05) is 11.9 Å². The van der Waals surface area contributed by atoms with E-state index in [-0.39, 0.29) is 6.54 Å². The molecule has 0 aliphatic heterocycles. The van der Waals surface area contributed by atoms with Crippen LogP contribution in [-0.4, -0.2) is 29.3 Å². The van der Waals surface area contributed by atoms with Crippen molar-refractivity contribution in [1.82, 2.24) is 9.88 Å². The van der Waals surface area contributed by atoms with Crippen LogP contribution in [0.4, 0.5) is 8.78 Å². The lowest BCUT2D eigenvalue weighted by Gasteiger charge is -2.14. The van der Waals surface area contributed by atoms with Gasteiger partial charge in [0.1, 0.15) is 11.6 Å². The summed E-state index contributed by atoms with van der Waals surface area (Å²) < 4.78 is 26.9. The van der Waals surface area contributed by atoms with E-state index in [0.29, 0.717) is 6.54 Å². The minimum atomic E-state index is -0.827. The Hall–Kier alpha value is -1.66. The van der Waals surface area contributed by atoms with Gasteiger partial charge in [0.15, 0.2) is 5.78 Å². The number of halogens is 2. The minimum absolute atomic E-state index is 0.0601. The fraction of sp³-hybridized carbons (Fsp3) is 0.231. The molecule has 0 saturated heterocycles. The molecule has 1 heterocycles. The van der Waals surface area contributed by atoms with Crippen LogP contribution in [-0.2, 0) is 6.54 Å². The first-order chi connectivity index (χ1) is 9.08. The van der Waals surface area contributed by atoms with Crippen molar-refractivity contribution >= 4 is 17.1 Å². The molecule has 0 aliphatic carbocycles. The second kappa shape index (κ2) is 5.99. The first-order valence-electron chi connectivity index (χ1n) is 5.60. The summed E-state index contributed by atoms with van der Waals surface area (Å²) in [6.45, 7) is 0.403. The number of hydrogen-bond donors (Lipinski definition) is 0. The predicted molar refractivity (Wildman–Crippen MR) is 69.1 cm³/mol. The highest BCUT2D eigenvalue weighted by Gasteiger charge is 2.18. The Morgan fingerprint density at radius 2 is 2.05 bits per heavy atom. The van der Waals surface area contributed by atoms with Crippen LogP contribution in [0.3, 0.4) is 0 Å². The van der Waals surface area contributed by atoms with Crippen LogP contribution < -0.4 is 0 Å². The van der Waals surface area contributed by atoms with Crippen LogP contribution in [0, 0.1) is 11.6 Å². The molecule has 1 aromatic heterocycles. The van der Waals surface area contributed by atoms with Gasteiger partial charge in [0.2, 0.25) is 0 Å². The smallest absolute Gasteiger partial charge is 0.182 e. The van der Waals surface area contributed by atoms with Gasteiger partial charge in [-0.25, -0.2) is 13.8 Å². The quantitative estimate of drug-likeness (QED) is 0.791. The van der Waals surface area contributed by atoms with Crippen molar-refractivity contribution in [2.45, 2.75) is 6.54 Å². The SMILES string of the molecule is CN(CC(=O)c1c(F)cccc1F)Cc1cscn1. The molecule has 2 rings (SSSR count). The lowest BCUT2D eigenvalue weighted by molar-refractivity contribution is 0.0934. The Morgan fingerprint density at radius 1 is 1.37 bits per heavy atom. The van der Waals surface area contributed by atoms with Gasteiger partial charge in [-0.2, -0.15) is 0 Å². The molecule has 0 saturated carbocycles. The van der Waals surface area contributed by atoms with Gasteiger partial charge < -0.3 is 0 Å². The van der Waals surface area contributed by atoms with Crippen molar-refractivity contribution in [3.63, 3.8) is 0 Å². The summed E-state index contributed by atoms with van der Waals surface area (Å²) in [5, 5.41) is 1.87. The maximum atomic E-state index is 13.4. The first-order valence-corrected chi connectivity index (χ1v) is 6.55. The second-order valence-corrected chi connectivity index (χ2v) is 4.89. The van der Waals surface area contributed by atoms with Gasteiger partial charge in [0.25, 0.3) is 0 Å². The van der Waals surface area contributed by atoms with Crippen LogP contribution in [0.5, 0.6) is 0 Å². The monoisotopic (exact) mass is 282 g/mol. The molecule has 6 heteroatoms. The fourth-order valence-corrected chi connectivity index (χ4v) is 2.29. The molecule has 0 spiro atoms. The molecule has 0 amide bonds. The van der Waals surface area contributed by atoms with Gasteiger partial charge in [-0.15, -0.1) is 11.3 Å². The number of likely N-dealkylation sites (N-methyl/N-ethyl adjacent to an activating group) is 1. The van der Waals surface area contributed by atoms with E-state index in [1.807, 2.05) is 5.38 Å². The number of hydrogen-bond acceptors (Lipinski definition) is 4. The lowest BCUT2D eigenvalue weighted by Crippen LogP contribution is -2.27. The van der Waals surface area contributed by atoms with Gasteiger partial charge >= 0.3 is 0 Å². The van der Waals surface area contributed by atoms with Gasteiger partial charge in [0.05, 0.1) is 23.3 Å². The lowest BCUT2D eigenvalue weighted by atomic mass is 10.1. The molecular formula is C13H12F2N2OS. The molecule has 100 valence electrons. The zero-order valence-corrected chi connectivity index (χ0v) is 11.1. The number of carbonyl (C=O) groups is 1. The van der Waals surface area contributed by atoms with Crippen molar-refractivity contribution in [3.05, 3.63) is 52.0 Å². The molecule has 3 nitrogen and oxygen atoms in total. The van der Waals surface area contributed by atoms with E-state index < -0.39 is 23.0 Å². The Kier molecular flexibility index (Phi) is 4.34. The van der Waals surface area contributed by atoms with E-state index in [2.05, 4.69) is 4.98 Å². The molecule has 0 bridgehead atoms. The number of nitrogens with zero attached hydrogens (tertiary/aromatic N) is 2. The maximum Gasteiger partial charge on any atom is 0.182 e. The predicted octanol–water partition coefficient (Wildman–Crippen LogP) is 2.74. The van der Waals surface area contributed by atoms with E-state index in [4.69, 9.17) is 0 Å². The van der Waals surface area contributed by atoms with Gasteiger partial charge in [-0.05, 0) is 19.2 Å². The summed E-state index contributed by atoms with van der Waals surface area (Å²) in [4.78, 5) is 17.6. The number of benzene rings is 1. The normalized spacial score (nSPS) is 10.9. The van der Waals surface area contributed by atoms with E-state index in [1.54, 1.807) is 17.5 Å². The van der Waals surface area contributed by atoms with Crippen molar-refractivity contribution < 1.29 is 13.6 Å². The molecule has 0 aliphatic rings. The Balaban J connectivity index is 2.04. The topological polar surface area (TPSA) is 33.2 Å². The second-order valence-electron chi connectivity index (χ2n) is 4.17. The molecule has 0 unspecified atom stereocenters. The van der Waals surface area contributed by atoms with Crippen molar-refractivity contribution in [1.29, 1.82) is 0 Å². The number of aromatic nitrogens is 1. The molecule has 0 N–H and O–H groups in total. The van der Waals surface area contributed by atoms with Crippen molar-refractivity contribution in [2.24, 2.45) is 0 Å². The summed E-state index contributed by atoms with van der Waals surface area (Å²) in [6, 6.07) is 3.40. The van der Waals surface area contributed by atoms with Crippen LogP contribution in [0.15, 0.2) is 29.1 Å². The average Bonchev–Trinajstić information content (AvgIpc) is 2.81. The van der Waals surface area contributed by atoms with Crippen LogP contribution in [0.2, 0.25) is 0 Å². The standard InChI is InChI=1S/C13H12F2N2OS/c1-17(5-9-7-19-8-16-9)6-12(18)13-10(14)3-2-4-11(13)15/h2-4,7-8H,5-6H2,1H3. The summed E-state index contributed by atoms with van der Waals surface area (Å²) >= 11 is 1.46. The number of rotatable bonds is 5. The molecule has 0 radical (unpaired) electrons. The van der Waals surface area contributed by atoms with Crippen molar-refractivity contribution in [3.8, 4) is 0 Å². The Bertz CT molecular complexity index is 552. The number of thiazole rings is 1. The number of Topliss-reactive ketones (excluding diaryl/α,β-unsaturated/α-hetero) is 1. The van der Waals surface area contributed by atoms with E-state index in [1.165, 1.54) is 17.4 Å². The minimum Gasteiger partial charge on any atom is -0.293 e. The third-order valence-corrected chi connectivity index (χ3v) is 3.21. The van der Waals surface area contributed by atoms with Crippen LogP contribution in [0.1, 0.15) is 16.1 Å². The number of carbonyl (C=O) groups excluding carboxylic acids is 1. The summed E-state index contributed by atoms with van der Waals surface area (Å²) in [5.74, 6) is -2.23. The fourth-order valence-electron chi connectivity index (χ4n) is 1.74. The zero-order chi connectivity index (χ0) is 13.8. The van der Waals surface area contributed by atoms with Crippen LogP contribution in [0.25, 0.3) is 0 Å². The highest BCUT2D eigenvalue weighted by Crippen LogP contribution is 2.13. The van der Waals surface area contributed by atoms with Crippen LogP contribution >= 0.6 is 11.3 Å². The molecule has 0 fully saturated rings. The third kappa shape index (κ3) is 3.42. The summed E-state index contributed by atoms with van der Waals surface area (Å²) in [7, 11) is 1.70. The number of ketones is 1.